The zero-order valence-electron chi connectivity index (χ0n) is 19.0. The smallest absolute Gasteiger partial charge is 0.339 e. The summed E-state index contributed by atoms with van der Waals surface area (Å²) in [6.07, 6.45) is 0. The molecule has 2 aromatic carbocycles. The first-order valence-corrected chi connectivity index (χ1v) is 10.7. The minimum atomic E-state index is -0.816. The van der Waals surface area contributed by atoms with E-state index in [9.17, 15) is 23.6 Å². The van der Waals surface area contributed by atoms with Crippen LogP contribution in [0.3, 0.4) is 0 Å². The predicted molar refractivity (Wildman–Crippen MR) is 124 cm³/mol. The molecule has 1 N–H and O–H groups in total. The molecular formula is C25H17FN4O6. The summed E-state index contributed by atoms with van der Waals surface area (Å²) in [5.41, 5.74) is 2.13. The maximum absolute atomic E-state index is 13.3. The van der Waals surface area contributed by atoms with Gasteiger partial charge in [-0.05, 0) is 55.5 Å². The highest BCUT2D eigenvalue weighted by atomic mass is 19.1. The summed E-state index contributed by atoms with van der Waals surface area (Å²) in [6.45, 7) is 1.01. The number of aryl methyl sites for hydroxylation is 1. The summed E-state index contributed by atoms with van der Waals surface area (Å²) in [4.78, 5) is 54.9. The number of nitrogens with zero attached hydrogens (tertiary/aromatic N) is 3. The average Bonchev–Trinajstić information content (AvgIpc) is 3.35. The average molecular weight is 488 g/mol. The lowest BCUT2D eigenvalue weighted by Gasteiger charge is -2.09. The molecule has 11 heteroatoms. The van der Waals surface area contributed by atoms with Crippen LogP contribution < -0.4 is 5.32 Å². The van der Waals surface area contributed by atoms with Crippen molar-refractivity contribution in [2.75, 3.05) is 19.0 Å². The Morgan fingerprint density at radius 1 is 1.06 bits per heavy atom. The monoisotopic (exact) mass is 488 g/mol. The molecule has 0 aliphatic carbocycles. The van der Waals surface area contributed by atoms with E-state index >= 15 is 0 Å². The summed E-state index contributed by atoms with van der Waals surface area (Å²) in [5.74, 6) is -2.79. The predicted octanol–water partition coefficient (Wildman–Crippen LogP) is 3.36. The molecule has 5 rings (SSSR count). The number of anilines is 1. The normalized spacial score (nSPS) is 12.7. The van der Waals surface area contributed by atoms with E-state index in [4.69, 9.17) is 9.26 Å². The minimum absolute atomic E-state index is 0.0792. The number of carbonyl (C=O) groups excluding carboxylic acids is 4. The van der Waals surface area contributed by atoms with Gasteiger partial charge in [-0.25, -0.2) is 14.2 Å². The summed E-state index contributed by atoms with van der Waals surface area (Å²) >= 11 is 0. The number of pyridine rings is 1. The molecule has 0 saturated heterocycles. The maximum atomic E-state index is 13.3. The molecule has 0 radical (unpaired) electrons. The molecule has 0 unspecified atom stereocenters. The van der Waals surface area contributed by atoms with Crippen molar-refractivity contribution < 1.29 is 32.8 Å². The van der Waals surface area contributed by atoms with Gasteiger partial charge in [0.1, 0.15) is 5.82 Å². The molecule has 3 amide bonds. The first-order chi connectivity index (χ1) is 17.2. The van der Waals surface area contributed by atoms with Gasteiger partial charge in [0.2, 0.25) is 0 Å². The minimum Gasteiger partial charge on any atom is -0.452 e. The van der Waals surface area contributed by atoms with Crippen molar-refractivity contribution in [3.63, 3.8) is 0 Å². The number of fused-ring (bicyclic) bond motifs is 2. The summed E-state index contributed by atoms with van der Waals surface area (Å²) in [5, 5.41) is 6.71. The van der Waals surface area contributed by atoms with Crippen LogP contribution in [0.4, 0.5) is 10.1 Å². The molecule has 0 spiro atoms. The van der Waals surface area contributed by atoms with Gasteiger partial charge >= 0.3 is 5.97 Å². The molecule has 4 aromatic rings. The van der Waals surface area contributed by atoms with Gasteiger partial charge in [-0.15, -0.1) is 0 Å². The summed E-state index contributed by atoms with van der Waals surface area (Å²) in [6, 6.07) is 11.3. The second kappa shape index (κ2) is 8.69. The zero-order chi connectivity index (χ0) is 25.6. The largest absolute Gasteiger partial charge is 0.452 e. The van der Waals surface area contributed by atoms with Gasteiger partial charge in [-0.3, -0.25) is 19.3 Å². The molecule has 0 fully saturated rings. The van der Waals surface area contributed by atoms with E-state index in [1.54, 1.807) is 6.92 Å². The summed E-state index contributed by atoms with van der Waals surface area (Å²) < 4.78 is 23.8. The SMILES string of the molecule is Cc1noc2nc(-c3ccc(F)cc3)cc(C(=O)OCC(=O)Nc3ccc4c(c3)C(=O)N(C)C4=O)c12. The first-order valence-electron chi connectivity index (χ1n) is 10.7. The third kappa shape index (κ3) is 3.96. The molecule has 0 saturated carbocycles. The number of carbonyl (C=O) groups is 4. The third-order valence-electron chi connectivity index (χ3n) is 5.68. The van der Waals surface area contributed by atoms with Crippen LogP contribution in [0.1, 0.15) is 36.8 Å². The Kier molecular flexibility index (Phi) is 5.51. The van der Waals surface area contributed by atoms with Gasteiger partial charge in [0.05, 0.1) is 33.5 Å². The first kappa shape index (κ1) is 22.8. The zero-order valence-corrected chi connectivity index (χ0v) is 19.0. The van der Waals surface area contributed by atoms with E-state index in [0.717, 1.165) is 4.90 Å². The van der Waals surface area contributed by atoms with Crippen molar-refractivity contribution in [2.45, 2.75) is 6.92 Å². The standard InChI is InChI=1S/C25H17FN4O6/c1-12-21-18(10-19(28-22(21)36-29-12)13-3-5-14(26)6-4-13)25(34)35-11-20(31)27-15-7-8-16-17(9-15)24(33)30(2)23(16)32/h3-10H,11H2,1-2H3,(H,27,31). The van der Waals surface area contributed by atoms with Crippen molar-refractivity contribution in [3.05, 3.63) is 76.7 Å². The molecule has 1 aliphatic heterocycles. The molecule has 0 atom stereocenters. The Morgan fingerprint density at radius 3 is 2.53 bits per heavy atom. The Hall–Kier alpha value is -4.93. The van der Waals surface area contributed by atoms with Crippen molar-refractivity contribution >= 4 is 40.5 Å². The van der Waals surface area contributed by atoms with Crippen LogP contribution in [0, 0.1) is 12.7 Å². The van der Waals surface area contributed by atoms with E-state index in [1.165, 1.54) is 55.6 Å². The van der Waals surface area contributed by atoms with Crippen LogP contribution in [0.2, 0.25) is 0 Å². The van der Waals surface area contributed by atoms with E-state index in [2.05, 4.69) is 15.5 Å². The number of benzene rings is 2. The van der Waals surface area contributed by atoms with Gasteiger partial charge in [0.15, 0.2) is 6.61 Å². The fourth-order valence-electron chi connectivity index (χ4n) is 3.87. The van der Waals surface area contributed by atoms with E-state index in [0.29, 0.717) is 22.3 Å². The number of hydrogen-bond donors (Lipinski definition) is 1. The fourth-order valence-corrected chi connectivity index (χ4v) is 3.87. The molecule has 1 aliphatic rings. The Labute approximate surface area is 202 Å². The number of hydrogen-bond acceptors (Lipinski definition) is 8. The topological polar surface area (TPSA) is 132 Å². The second-order valence-electron chi connectivity index (χ2n) is 8.06. The quantitative estimate of drug-likeness (QED) is 0.334. The van der Waals surface area contributed by atoms with Crippen molar-refractivity contribution in [1.29, 1.82) is 0 Å². The van der Waals surface area contributed by atoms with Crippen molar-refractivity contribution in [1.82, 2.24) is 15.0 Å². The van der Waals surface area contributed by atoms with Gasteiger partial charge in [-0.2, -0.15) is 0 Å². The van der Waals surface area contributed by atoms with Crippen molar-refractivity contribution in [2.24, 2.45) is 0 Å². The van der Waals surface area contributed by atoms with Crippen LogP contribution in [0.15, 0.2) is 53.1 Å². The number of halogens is 1. The number of rotatable bonds is 5. The van der Waals surface area contributed by atoms with Crippen LogP contribution in [0.25, 0.3) is 22.4 Å². The molecule has 3 heterocycles. The fraction of sp³-hybridized carbons (Fsp3) is 0.120. The van der Waals surface area contributed by atoms with E-state index in [1.807, 2.05) is 0 Å². The molecule has 180 valence electrons. The molecule has 36 heavy (non-hydrogen) atoms. The van der Waals surface area contributed by atoms with E-state index in [-0.39, 0.29) is 28.1 Å². The summed E-state index contributed by atoms with van der Waals surface area (Å²) in [7, 11) is 1.37. The Morgan fingerprint density at radius 2 is 1.78 bits per heavy atom. The maximum Gasteiger partial charge on any atom is 0.339 e. The highest BCUT2D eigenvalue weighted by molar-refractivity contribution is 6.21. The lowest BCUT2D eigenvalue weighted by molar-refractivity contribution is -0.119. The number of ether oxygens (including phenoxy) is 1. The van der Waals surface area contributed by atoms with Crippen molar-refractivity contribution in [3.8, 4) is 11.3 Å². The Balaban J connectivity index is 1.34. The van der Waals surface area contributed by atoms with Crippen LogP contribution in [0.5, 0.6) is 0 Å². The lowest BCUT2D eigenvalue weighted by Crippen LogP contribution is -2.24. The molecule has 0 bridgehead atoms. The van der Waals surface area contributed by atoms with E-state index < -0.39 is 36.1 Å². The third-order valence-corrected chi connectivity index (χ3v) is 5.68. The highest BCUT2D eigenvalue weighted by Gasteiger charge is 2.32. The second-order valence-corrected chi connectivity index (χ2v) is 8.06. The van der Waals surface area contributed by atoms with Gasteiger partial charge in [0, 0.05) is 18.3 Å². The number of amides is 3. The lowest BCUT2D eigenvalue weighted by atomic mass is 10.1. The van der Waals surface area contributed by atoms with Gasteiger partial charge in [0.25, 0.3) is 23.4 Å². The number of imide groups is 1. The number of nitrogens with one attached hydrogen (secondary N) is 1. The van der Waals surface area contributed by atoms with Gasteiger partial charge < -0.3 is 14.6 Å². The Bertz CT molecular complexity index is 1580. The molecular weight excluding hydrogens is 471 g/mol. The van der Waals surface area contributed by atoms with Crippen LogP contribution in [-0.4, -0.2) is 52.4 Å². The number of aromatic nitrogens is 2. The molecule has 10 nitrogen and oxygen atoms in total. The number of esters is 1. The highest BCUT2D eigenvalue weighted by Crippen LogP contribution is 2.28. The van der Waals surface area contributed by atoms with Crippen LogP contribution >= 0.6 is 0 Å². The van der Waals surface area contributed by atoms with Gasteiger partial charge in [-0.1, -0.05) is 5.16 Å². The molecule has 2 aromatic heterocycles. The van der Waals surface area contributed by atoms with Crippen LogP contribution in [-0.2, 0) is 9.53 Å².